The van der Waals surface area contributed by atoms with Crippen molar-refractivity contribution in [1.82, 2.24) is 20.1 Å². The molecule has 1 saturated heterocycles. The molecule has 0 radical (unpaired) electrons. The lowest BCUT2D eigenvalue weighted by Crippen LogP contribution is -2.48. The molecular formula is C16H24N4O2. The third-order valence-electron chi connectivity index (χ3n) is 3.89. The first kappa shape index (κ1) is 16.4. The van der Waals surface area contributed by atoms with Gasteiger partial charge in [-0.2, -0.15) is 0 Å². The van der Waals surface area contributed by atoms with Crippen LogP contribution in [0.25, 0.3) is 0 Å². The fraction of sp³-hybridized carbons (Fsp3) is 0.562. The smallest absolute Gasteiger partial charge is 0.255 e. The van der Waals surface area contributed by atoms with Crippen LogP contribution in [0.3, 0.4) is 0 Å². The largest absolute Gasteiger partial charge is 0.352 e. The Kier molecular flexibility index (Phi) is 5.89. The molecule has 0 spiro atoms. The number of hydrogen-bond acceptors (Lipinski definition) is 4. The number of carbonyl (C=O) groups is 2. The van der Waals surface area contributed by atoms with Gasteiger partial charge in [-0.05, 0) is 19.0 Å². The summed E-state index contributed by atoms with van der Waals surface area (Å²) in [6.45, 7) is 8.98. The minimum atomic E-state index is -0.181. The van der Waals surface area contributed by atoms with E-state index in [0.29, 0.717) is 17.7 Å². The van der Waals surface area contributed by atoms with Crippen LogP contribution in [0.5, 0.6) is 0 Å². The monoisotopic (exact) mass is 304 g/mol. The summed E-state index contributed by atoms with van der Waals surface area (Å²) in [4.78, 5) is 32.7. The Labute approximate surface area is 131 Å². The van der Waals surface area contributed by atoms with Crippen LogP contribution in [0.4, 0.5) is 0 Å². The van der Waals surface area contributed by atoms with E-state index in [1.165, 1.54) is 12.4 Å². The molecule has 1 fully saturated rings. The van der Waals surface area contributed by atoms with E-state index in [2.05, 4.69) is 22.1 Å². The van der Waals surface area contributed by atoms with Crippen molar-refractivity contribution in [3.63, 3.8) is 0 Å². The molecule has 0 aliphatic carbocycles. The minimum absolute atomic E-state index is 0.0478. The average molecular weight is 304 g/mol. The topological polar surface area (TPSA) is 65.5 Å². The molecular weight excluding hydrogens is 280 g/mol. The van der Waals surface area contributed by atoms with Crippen LogP contribution in [0, 0.1) is 0 Å². The Hall–Kier alpha value is -1.95. The molecule has 0 unspecified atom stereocenters. The second kappa shape index (κ2) is 7.89. The third kappa shape index (κ3) is 4.04. The van der Waals surface area contributed by atoms with Gasteiger partial charge >= 0.3 is 0 Å². The van der Waals surface area contributed by atoms with Gasteiger partial charge in [0.2, 0.25) is 0 Å². The highest BCUT2D eigenvalue weighted by atomic mass is 16.2. The number of nitrogens with zero attached hydrogens (tertiary/aromatic N) is 3. The standard InChI is InChI=1S/C16H24N4O2/c1-3-5-18-15(21)13-10-14(12-17-11-13)16(22)20-8-6-19(4-2)7-9-20/h10-12H,3-9H2,1-2H3,(H,18,21). The maximum atomic E-state index is 12.5. The maximum absolute atomic E-state index is 12.5. The molecule has 0 bridgehead atoms. The quantitative estimate of drug-likeness (QED) is 0.881. The zero-order valence-corrected chi connectivity index (χ0v) is 13.3. The Morgan fingerprint density at radius 2 is 1.82 bits per heavy atom. The molecule has 0 saturated carbocycles. The van der Waals surface area contributed by atoms with Crippen LogP contribution >= 0.6 is 0 Å². The van der Waals surface area contributed by atoms with Crippen LogP contribution in [0.15, 0.2) is 18.5 Å². The lowest BCUT2D eigenvalue weighted by Gasteiger charge is -2.34. The number of likely N-dealkylation sites (N-methyl/N-ethyl adjacent to an activating group) is 1. The van der Waals surface area contributed by atoms with Gasteiger partial charge in [0.25, 0.3) is 11.8 Å². The van der Waals surface area contributed by atoms with Crippen molar-refractivity contribution in [2.24, 2.45) is 0 Å². The molecule has 0 atom stereocenters. The summed E-state index contributed by atoms with van der Waals surface area (Å²) >= 11 is 0. The Balaban J connectivity index is 2.03. The first-order valence-electron chi connectivity index (χ1n) is 7.90. The molecule has 22 heavy (non-hydrogen) atoms. The van der Waals surface area contributed by atoms with E-state index in [1.54, 1.807) is 6.07 Å². The van der Waals surface area contributed by atoms with Crippen LogP contribution < -0.4 is 5.32 Å². The second-order valence-electron chi connectivity index (χ2n) is 5.44. The van der Waals surface area contributed by atoms with E-state index < -0.39 is 0 Å². The van der Waals surface area contributed by atoms with Crippen LogP contribution in [-0.2, 0) is 0 Å². The number of pyridine rings is 1. The summed E-state index contributed by atoms with van der Waals surface area (Å²) in [5.41, 5.74) is 0.917. The number of piperazine rings is 1. The van der Waals surface area contributed by atoms with Crippen molar-refractivity contribution in [3.8, 4) is 0 Å². The molecule has 1 aromatic rings. The van der Waals surface area contributed by atoms with E-state index in [9.17, 15) is 9.59 Å². The molecule has 120 valence electrons. The fourth-order valence-corrected chi connectivity index (χ4v) is 2.47. The number of rotatable bonds is 5. The van der Waals surface area contributed by atoms with Crippen molar-refractivity contribution in [1.29, 1.82) is 0 Å². The van der Waals surface area contributed by atoms with Crippen molar-refractivity contribution < 1.29 is 9.59 Å². The number of carbonyl (C=O) groups excluding carboxylic acids is 2. The summed E-state index contributed by atoms with van der Waals surface area (Å²) in [6, 6.07) is 1.63. The van der Waals surface area contributed by atoms with E-state index in [4.69, 9.17) is 0 Å². The summed E-state index contributed by atoms with van der Waals surface area (Å²) in [5, 5.41) is 2.80. The molecule has 2 heterocycles. The first-order valence-corrected chi connectivity index (χ1v) is 7.90. The Bertz CT molecular complexity index is 525. The first-order chi connectivity index (χ1) is 10.7. The van der Waals surface area contributed by atoms with Gasteiger partial charge in [-0.15, -0.1) is 0 Å². The molecule has 6 heteroatoms. The van der Waals surface area contributed by atoms with Gasteiger partial charge in [0.05, 0.1) is 11.1 Å². The molecule has 6 nitrogen and oxygen atoms in total. The highest BCUT2D eigenvalue weighted by Crippen LogP contribution is 2.10. The van der Waals surface area contributed by atoms with Gasteiger partial charge in [-0.25, -0.2) is 0 Å². The van der Waals surface area contributed by atoms with Crippen LogP contribution in [0.1, 0.15) is 41.0 Å². The van der Waals surface area contributed by atoms with Gasteiger partial charge < -0.3 is 15.1 Å². The fourth-order valence-electron chi connectivity index (χ4n) is 2.47. The van der Waals surface area contributed by atoms with Gasteiger partial charge in [-0.3, -0.25) is 14.6 Å². The van der Waals surface area contributed by atoms with Gasteiger partial charge in [-0.1, -0.05) is 13.8 Å². The lowest BCUT2D eigenvalue weighted by atomic mass is 10.1. The highest BCUT2D eigenvalue weighted by molar-refractivity contribution is 5.99. The van der Waals surface area contributed by atoms with Crippen LogP contribution in [-0.4, -0.2) is 65.9 Å². The zero-order valence-electron chi connectivity index (χ0n) is 13.3. The minimum Gasteiger partial charge on any atom is -0.352 e. The SMILES string of the molecule is CCCNC(=O)c1cncc(C(=O)N2CCN(CC)CC2)c1. The number of amides is 2. The molecule has 2 amide bonds. The van der Waals surface area contributed by atoms with Gasteiger partial charge in [0.1, 0.15) is 0 Å². The van der Waals surface area contributed by atoms with Crippen molar-refractivity contribution >= 4 is 11.8 Å². The number of nitrogens with one attached hydrogen (secondary N) is 1. The van der Waals surface area contributed by atoms with E-state index >= 15 is 0 Å². The Morgan fingerprint density at radius 3 is 2.45 bits per heavy atom. The average Bonchev–Trinajstić information content (AvgIpc) is 2.59. The van der Waals surface area contributed by atoms with E-state index in [0.717, 1.165) is 39.1 Å². The lowest BCUT2D eigenvalue weighted by molar-refractivity contribution is 0.0643. The summed E-state index contributed by atoms with van der Waals surface area (Å²) in [6.07, 6.45) is 3.90. The van der Waals surface area contributed by atoms with E-state index in [1.807, 2.05) is 11.8 Å². The van der Waals surface area contributed by atoms with Crippen molar-refractivity contribution in [2.75, 3.05) is 39.3 Å². The predicted molar refractivity (Wildman–Crippen MR) is 84.9 cm³/mol. The Morgan fingerprint density at radius 1 is 1.14 bits per heavy atom. The molecule has 1 aromatic heterocycles. The molecule has 1 aliphatic rings. The normalized spacial score (nSPS) is 15.6. The zero-order chi connectivity index (χ0) is 15.9. The van der Waals surface area contributed by atoms with Gasteiger partial charge in [0.15, 0.2) is 0 Å². The molecule has 1 aliphatic heterocycles. The highest BCUT2D eigenvalue weighted by Gasteiger charge is 2.22. The molecule has 2 rings (SSSR count). The summed E-state index contributed by atoms with van der Waals surface area (Å²) in [5.74, 6) is -0.229. The summed E-state index contributed by atoms with van der Waals surface area (Å²) < 4.78 is 0. The van der Waals surface area contributed by atoms with Crippen molar-refractivity contribution in [3.05, 3.63) is 29.6 Å². The van der Waals surface area contributed by atoms with Crippen LogP contribution in [0.2, 0.25) is 0 Å². The van der Waals surface area contributed by atoms with E-state index in [-0.39, 0.29) is 11.8 Å². The van der Waals surface area contributed by atoms with Gasteiger partial charge in [0, 0.05) is 45.1 Å². The van der Waals surface area contributed by atoms with Crippen molar-refractivity contribution in [2.45, 2.75) is 20.3 Å². The number of aromatic nitrogens is 1. The maximum Gasteiger partial charge on any atom is 0.255 e. The predicted octanol–water partition coefficient (Wildman–Crippen LogP) is 0.999. The second-order valence-corrected chi connectivity index (χ2v) is 5.44. The molecule has 1 N–H and O–H groups in total. The molecule has 0 aromatic carbocycles. The summed E-state index contributed by atoms with van der Waals surface area (Å²) in [7, 11) is 0. The third-order valence-corrected chi connectivity index (χ3v) is 3.89. The number of hydrogen-bond donors (Lipinski definition) is 1.